The molecule has 1 atom stereocenters. The van der Waals surface area contributed by atoms with Gasteiger partial charge in [-0.15, -0.1) is 0 Å². The monoisotopic (exact) mass is 673 g/mol. The summed E-state index contributed by atoms with van der Waals surface area (Å²) >= 11 is 1.20. The number of hydrogen-bond acceptors (Lipinski definition) is 11. The minimum atomic E-state index is -0.881. The van der Waals surface area contributed by atoms with Crippen LogP contribution in [-0.4, -0.2) is 42.4 Å². The molecule has 2 heterocycles. The predicted molar refractivity (Wildman–Crippen MR) is 180 cm³/mol. The SMILES string of the molecule is CCOC(=O)C1=C(C)N=c2s/c(=C/c3ccc(OCc4ccc([N+](=O)[O-])cc4)c(OCC)c3)c(=O)n2[C@H]1c1cccc(OC)c1OCC. The Labute approximate surface area is 280 Å². The van der Waals surface area contributed by atoms with Crippen molar-refractivity contribution in [2.45, 2.75) is 40.3 Å². The van der Waals surface area contributed by atoms with Crippen LogP contribution in [0.4, 0.5) is 5.69 Å². The van der Waals surface area contributed by atoms with Crippen molar-refractivity contribution < 1.29 is 33.4 Å². The summed E-state index contributed by atoms with van der Waals surface area (Å²) in [7, 11) is 1.53. The minimum Gasteiger partial charge on any atom is -0.493 e. The topological polar surface area (TPSA) is 141 Å². The maximum Gasteiger partial charge on any atom is 0.338 e. The van der Waals surface area contributed by atoms with Gasteiger partial charge in [0.15, 0.2) is 27.8 Å². The Morgan fingerprint density at radius 2 is 1.73 bits per heavy atom. The lowest BCUT2D eigenvalue weighted by molar-refractivity contribution is -0.384. The number of para-hydroxylation sites is 1. The van der Waals surface area contributed by atoms with Crippen molar-refractivity contribution in [1.29, 1.82) is 0 Å². The highest BCUT2D eigenvalue weighted by Gasteiger charge is 2.36. The second-order valence-electron chi connectivity index (χ2n) is 10.5. The number of carbonyl (C=O) groups excluding carboxylic acids is 1. The summed E-state index contributed by atoms with van der Waals surface area (Å²) in [6.45, 7) is 8.17. The fourth-order valence-corrected chi connectivity index (χ4v) is 6.37. The third kappa shape index (κ3) is 6.95. The molecule has 13 heteroatoms. The van der Waals surface area contributed by atoms with Crippen LogP contribution in [0.25, 0.3) is 6.08 Å². The number of esters is 1. The van der Waals surface area contributed by atoms with Gasteiger partial charge < -0.3 is 23.7 Å². The molecule has 12 nitrogen and oxygen atoms in total. The first-order valence-corrected chi connectivity index (χ1v) is 16.1. The number of carbonyl (C=O) groups is 1. The predicted octanol–water partition coefficient (Wildman–Crippen LogP) is 5.09. The number of benzene rings is 3. The fraction of sp³-hybridized carbons (Fsp3) is 0.286. The molecule has 0 saturated heterocycles. The molecular formula is C35H35N3O9S. The summed E-state index contributed by atoms with van der Waals surface area (Å²) in [5.74, 6) is 1.26. The number of nitro groups is 1. The van der Waals surface area contributed by atoms with E-state index in [1.54, 1.807) is 68.5 Å². The molecule has 0 unspecified atom stereocenters. The number of fused-ring (bicyclic) bond motifs is 1. The van der Waals surface area contributed by atoms with Gasteiger partial charge in [0.05, 0.1) is 47.7 Å². The third-order valence-electron chi connectivity index (χ3n) is 7.44. The van der Waals surface area contributed by atoms with E-state index in [-0.39, 0.29) is 30.0 Å². The zero-order valence-electron chi connectivity index (χ0n) is 27.2. The van der Waals surface area contributed by atoms with Gasteiger partial charge in [0, 0.05) is 17.7 Å². The molecule has 250 valence electrons. The number of hydrogen-bond donors (Lipinski definition) is 0. The molecule has 4 aromatic rings. The zero-order chi connectivity index (χ0) is 34.4. The van der Waals surface area contributed by atoms with Crippen LogP contribution >= 0.6 is 11.3 Å². The maximum absolute atomic E-state index is 14.2. The Balaban J connectivity index is 1.57. The average Bonchev–Trinajstić information content (AvgIpc) is 3.38. The quantitative estimate of drug-likeness (QED) is 0.108. The van der Waals surface area contributed by atoms with Gasteiger partial charge in [0.2, 0.25) is 0 Å². The van der Waals surface area contributed by atoms with E-state index in [0.29, 0.717) is 62.4 Å². The first kappa shape index (κ1) is 33.9. The van der Waals surface area contributed by atoms with E-state index in [1.807, 2.05) is 13.8 Å². The Hall–Kier alpha value is -5.43. The molecule has 0 aliphatic carbocycles. The standard InChI is InChI=1S/C35H35N3O9S/c1-6-44-28-18-23(14-17-26(28)47-20-22-12-15-24(16-13-22)38(41)42)19-29-33(39)37-31(25-10-9-11-27(43-5)32(25)45-7-2)30(34(40)46-8-3)21(4)36-35(37)48-29/h9-19,31H,6-8,20H2,1-5H3/b29-19+/t31-/m0/s1. The zero-order valence-corrected chi connectivity index (χ0v) is 28.0. The number of rotatable bonds is 13. The lowest BCUT2D eigenvalue weighted by atomic mass is 9.94. The molecule has 1 aliphatic heterocycles. The van der Waals surface area contributed by atoms with Crippen molar-refractivity contribution >= 4 is 29.1 Å². The fourth-order valence-electron chi connectivity index (χ4n) is 5.32. The normalized spacial score (nSPS) is 14.2. The molecule has 0 fully saturated rings. The number of ether oxygens (including phenoxy) is 5. The Morgan fingerprint density at radius 1 is 0.979 bits per heavy atom. The van der Waals surface area contributed by atoms with E-state index in [2.05, 4.69) is 4.99 Å². The van der Waals surface area contributed by atoms with Crippen LogP contribution < -0.4 is 33.8 Å². The van der Waals surface area contributed by atoms with E-state index in [1.165, 1.54) is 35.1 Å². The average molecular weight is 674 g/mol. The molecule has 0 radical (unpaired) electrons. The van der Waals surface area contributed by atoms with Crippen LogP contribution in [0, 0.1) is 10.1 Å². The maximum atomic E-state index is 14.2. The van der Waals surface area contributed by atoms with Crippen LogP contribution in [-0.2, 0) is 16.1 Å². The molecule has 0 N–H and O–H groups in total. The molecule has 0 bridgehead atoms. The summed E-state index contributed by atoms with van der Waals surface area (Å²) in [5, 5.41) is 11.0. The van der Waals surface area contributed by atoms with E-state index < -0.39 is 16.9 Å². The Bertz CT molecular complexity index is 2050. The molecule has 0 spiro atoms. The van der Waals surface area contributed by atoms with Gasteiger partial charge in [0.25, 0.3) is 11.2 Å². The molecular weight excluding hydrogens is 638 g/mol. The second-order valence-corrected chi connectivity index (χ2v) is 11.5. The van der Waals surface area contributed by atoms with Gasteiger partial charge in [0.1, 0.15) is 12.6 Å². The molecule has 5 rings (SSSR count). The number of non-ortho nitro benzene ring substituents is 1. The summed E-state index contributed by atoms with van der Waals surface area (Å²) in [4.78, 5) is 43.2. The smallest absolute Gasteiger partial charge is 0.338 e. The highest BCUT2D eigenvalue weighted by atomic mass is 32.1. The van der Waals surface area contributed by atoms with Gasteiger partial charge in [-0.1, -0.05) is 29.5 Å². The number of allylic oxidation sites excluding steroid dienone is 1. The minimum absolute atomic E-state index is 0.000199. The van der Waals surface area contributed by atoms with Crippen molar-refractivity contribution in [3.05, 3.63) is 118 Å². The van der Waals surface area contributed by atoms with Crippen molar-refractivity contribution in [2.24, 2.45) is 4.99 Å². The van der Waals surface area contributed by atoms with Crippen molar-refractivity contribution in [3.8, 4) is 23.0 Å². The van der Waals surface area contributed by atoms with Crippen molar-refractivity contribution in [3.63, 3.8) is 0 Å². The van der Waals surface area contributed by atoms with E-state index >= 15 is 0 Å². The number of thiazole rings is 1. The molecule has 1 aliphatic rings. The number of nitro benzene ring substituents is 1. The molecule has 1 aromatic heterocycles. The van der Waals surface area contributed by atoms with Crippen LogP contribution in [0.2, 0.25) is 0 Å². The number of nitrogens with zero attached hydrogens (tertiary/aromatic N) is 3. The summed E-state index contributed by atoms with van der Waals surface area (Å²) < 4.78 is 30.7. The summed E-state index contributed by atoms with van der Waals surface area (Å²) in [6, 6.07) is 15.9. The van der Waals surface area contributed by atoms with E-state index in [0.717, 1.165) is 5.56 Å². The lowest BCUT2D eigenvalue weighted by Crippen LogP contribution is -2.40. The Morgan fingerprint density at radius 3 is 2.40 bits per heavy atom. The third-order valence-corrected chi connectivity index (χ3v) is 8.42. The summed E-state index contributed by atoms with van der Waals surface area (Å²) in [6.07, 6.45) is 1.74. The van der Waals surface area contributed by atoms with Gasteiger partial charge in [-0.2, -0.15) is 0 Å². The van der Waals surface area contributed by atoms with Gasteiger partial charge in [-0.05, 0) is 75.2 Å². The van der Waals surface area contributed by atoms with Crippen LogP contribution in [0.3, 0.4) is 0 Å². The largest absolute Gasteiger partial charge is 0.493 e. The van der Waals surface area contributed by atoms with Gasteiger partial charge in [-0.25, -0.2) is 9.79 Å². The highest BCUT2D eigenvalue weighted by molar-refractivity contribution is 7.07. The molecule has 0 amide bonds. The number of aromatic nitrogens is 1. The van der Waals surface area contributed by atoms with Crippen molar-refractivity contribution in [1.82, 2.24) is 4.57 Å². The first-order chi connectivity index (χ1) is 23.2. The van der Waals surface area contributed by atoms with Crippen molar-refractivity contribution in [2.75, 3.05) is 26.9 Å². The van der Waals surface area contributed by atoms with E-state index in [9.17, 15) is 19.7 Å². The lowest BCUT2D eigenvalue weighted by Gasteiger charge is -2.26. The van der Waals surface area contributed by atoms with Crippen LogP contribution in [0.1, 0.15) is 50.4 Å². The second kappa shape index (κ2) is 15.0. The first-order valence-electron chi connectivity index (χ1n) is 15.3. The van der Waals surface area contributed by atoms with E-state index in [4.69, 9.17) is 23.7 Å². The molecule has 3 aromatic carbocycles. The van der Waals surface area contributed by atoms with Gasteiger partial charge in [-0.3, -0.25) is 19.5 Å². The number of methoxy groups -OCH3 is 1. The Kier molecular flexibility index (Phi) is 10.6. The summed E-state index contributed by atoms with van der Waals surface area (Å²) in [5.41, 5.74) is 2.32. The van der Waals surface area contributed by atoms with Crippen LogP contribution in [0.15, 0.2) is 81.7 Å². The molecule has 48 heavy (non-hydrogen) atoms. The highest BCUT2D eigenvalue weighted by Crippen LogP contribution is 2.41. The molecule has 0 saturated carbocycles. The van der Waals surface area contributed by atoms with Crippen LogP contribution in [0.5, 0.6) is 23.0 Å². The van der Waals surface area contributed by atoms with Gasteiger partial charge >= 0.3 is 5.97 Å².